The lowest BCUT2D eigenvalue weighted by molar-refractivity contribution is -0.384. The fourth-order valence-electron chi connectivity index (χ4n) is 3.50. The molecule has 2 amide bonds. The van der Waals surface area contributed by atoms with Gasteiger partial charge in [-0.25, -0.2) is 0 Å². The Balaban J connectivity index is 1.33. The molecule has 4 aromatic carbocycles. The van der Waals surface area contributed by atoms with E-state index in [1.165, 1.54) is 36.4 Å². The Labute approximate surface area is 229 Å². The fraction of sp³-hybridized carbons (Fsp3) is 0. The van der Waals surface area contributed by atoms with Gasteiger partial charge in [0.15, 0.2) is 5.11 Å². The third-order valence-electron chi connectivity index (χ3n) is 5.39. The quantitative estimate of drug-likeness (QED) is 0.0924. The van der Waals surface area contributed by atoms with E-state index in [9.17, 15) is 19.7 Å². The van der Waals surface area contributed by atoms with Gasteiger partial charge in [-0.2, -0.15) is 0 Å². The van der Waals surface area contributed by atoms with Gasteiger partial charge in [0.2, 0.25) is 5.91 Å². The highest BCUT2D eigenvalue weighted by molar-refractivity contribution is 7.80. The molecule has 0 saturated carbocycles. The molecule has 0 unspecified atom stereocenters. The first-order valence-electron chi connectivity index (χ1n) is 11.7. The standard InChI is InChI=1S/C29H23N5O4S/c35-27(19-12-20-10-17-24(18-11-20)34(37)38)33-29(39)32-26-9-5-4-8-25(26)28(36)31-23-15-13-22(14-16-23)30-21-6-2-1-3-7-21/h1-19,30H,(H,31,36)(H2,32,33,35,39)/b19-12+. The van der Waals surface area contributed by atoms with Crippen molar-refractivity contribution in [1.29, 1.82) is 0 Å². The Kier molecular flexibility index (Phi) is 8.73. The van der Waals surface area contributed by atoms with Gasteiger partial charge in [-0.3, -0.25) is 25.0 Å². The molecular weight excluding hydrogens is 514 g/mol. The fourth-order valence-corrected chi connectivity index (χ4v) is 3.71. The number of rotatable bonds is 8. The topological polar surface area (TPSA) is 125 Å². The second-order valence-corrected chi connectivity index (χ2v) is 8.60. The molecule has 9 nitrogen and oxygen atoms in total. The lowest BCUT2D eigenvalue weighted by atomic mass is 10.1. The molecule has 0 heterocycles. The van der Waals surface area contributed by atoms with Crippen molar-refractivity contribution in [3.63, 3.8) is 0 Å². The van der Waals surface area contributed by atoms with Crippen LogP contribution in [0.2, 0.25) is 0 Å². The average Bonchev–Trinajstić information content (AvgIpc) is 2.94. The highest BCUT2D eigenvalue weighted by Crippen LogP contribution is 2.21. The van der Waals surface area contributed by atoms with Crippen LogP contribution in [-0.4, -0.2) is 21.9 Å². The van der Waals surface area contributed by atoms with Crippen molar-refractivity contribution in [3.05, 3.63) is 130 Å². The van der Waals surface area contributed by atoms with Crippen molar-refractivity contribution in [1.82, 2.24) is 5.32 Å². The van der Waals surface area contributed by atoms with E-state index in [0.717, 1.165) is 11.4 Å². The van der Waals surface area contributed by atoms with Crippen molar-refractivity contribution in [2.45, 2.75) is 0 Å². The average molecular weight is 538 g/mol. The SMILES string of the molecule is O=C(/C=C/c1ccc([N+](=O)[O-])cc1)NC(=S)Nc1ccccc1C(=O)Nc1ccc(Nc2ccccc2)cc1. The zero-order valence-electron chi connectivity index (χ0n) is 20.5. The number of para-hydroxylation sites is 2. The van der Waals surface area contributed by atoms with Gasteiger partial charge in [0, 0.05) is 35.3 Å². The van der Waals surface area contributed by atoms with E-state index in [4.69, 9.17) is 12.2 Å². The van der Waals surface area contributed by atoms with E-state index in [-0.39, 0.29) is 16.7 Å². The van der Waals surface area contributed by atoms with Crippen LogP contribution >= 0.6 is 12.2 Å². The Morgan fingerprint density at radius 1 is 0.744 bits per heavy atom. The lowest BCUT2D eigenvalue weighted by Crippen LogP contribution is -2.33. The second kappa shape index (κ2) is 12.7. The number of nitro groups is 1. The summed E-state index contributed by atoms with van der Waals surface area (Å²) in [5.41, 5.74) is 3.77. The lowest BCUT2D eigenvalue weighted by Gasteiger charge is -2.13. The Morgan fingerprint density at radius 3 is 2.05 bits per heavy atom. The van der Waals surface area contributed by atoms with Crippen LogP contribution in [0.3, 0.4) is 0 Å². The van der Waals surface area contributed by atoms with Crippen LogP contribution in [0.25, 0.3) is 6.08 Å². The molecule has 0 spiro atoms. The minimum Gasteiger partial charge on any atom is -0.356 e. The zero-order chi connectivity index (χ0) is 27.6. The minimum absolute atomic E-state index is 0.00457. The summed E-state index contributed by atoms with van der Waals surface area (Å²) in [7, 11) is 0. The number of hydrogen-bond donors (Lipinski definition) is 4. The van der Waals surface area contributed by atoms with E-state index in [2.05, 4.69) is 21.3 Å². The molecule has 0 aliphatic heterocycles. The number of non-ortho nitro benzene ring substituents is 1. The Hall–Kier alpha value is -5.35. The molecular formula is C29H23N5O4S. The summed E-state index contributed by atoms with van der Waals surface area (Å²) in [6.45, 7) is 0. The molecule has 4 rings (SSSR count). The summed E-state index contributed by atoms with van der Waals surface area (Å²) in [5.74, 6) is -0.856. The number of anilines is 4. The van der Waals surface area contributed by atoms with Gasteiger partial charge in [0.05, 0.1) is 16.2 Å². The van der Waals surface area contributed by atoms with E-state index in [0.29, 0.717) is 22.5 Å². The third-order valence-corrected chi connectivity index (χ3v) is 5.60. The molecule has 0 bridgehead atoms. The summed E-state index contributed by atoms with van der Waals surface area (Å²) < 4.78 is 0. The van der Waals surface area contributed by atoms with Crippen molar-refractivity contribution < 1.29 is 14.5 Å². The van der Waals surface area contributed by atoms with Crippen LogP contribution in [0.1, 0.15) is 15.9 Å². The predicted octanol–water partition coefficient (Wildman–Crippen LogP) is 6.12. The van der Waals surface area contributed by atoms with Crippen LogP contribution in [0.5, 0.6) is 0 Å². The zero-order valence-corrected chi connectivity index (χ0v) is 21.3. The molecule has 39 heavy (non-hydrogen) atoms. The minimum atomic E-state index is -0.503. The van der Waals surface area contributed by atoms with Crippen LogP contribution < -0.4 is 21.3 Å². The highest BCUT2D eigenvalue weighted by Gasteiger charge is 2.13. The number of nitrogens with zero attached hydrogens (tertiary/aromatic N) is 1. The molecule has 0 saturated heterocycles. The molecule has 0 aromatic heterocycles. The Morgan fingerprint density at radius 2 is 1.36 bits per heavy atom. The first-order chi connectivity index (χ1) is 18.9. The summed E-state index contributed by atoms with van der Waals surface area (Å²) >= 11 is 5.24. The number of carbonyl (C=O) groups is 2. The molecule has 0 atom stereocenters. The van der Waals surface area contributed by atoms with Gasteiger partial charge in [-0.1, -0.05) is 30.3 Å². The molecule has 4 aromatic rings. The first kappa shape index (κ1) is 26.7. The van der Waals surface area contributed by atoms with Crippen LogP contribution in [0.4, 0.5) is 28.4 Å². The maximum absolute atomic E-state index is 13.0. The summed E-state index contributed by atoms with van der Waals surface area (Å²) in [6.07, 6.45) is 2.76. The third kappa shape index (κ3) is 7.81. The smallest absolute Gasteiger partial charge is 0.269 e. The molecule has 4 N–H and O–H groups in total. The maximum atomic E-state index is 13.0. The van der Waals surface area contributed by atoms with E-state index in [1.54, 1.807) is 36.4 Å². The van der Waals surface area contributed by atoms with Crippen LogP contribution in [0, 0.1) is 10.1 Å². The van der Waals surface area contributed by atoms with Crippen LogP contribution in [0.15, 0.2) is 109 Å². The number of benzene rings is 4. The number of carbonyl (C=O) groups excluding carboxylic acids is 2. The van der Waals surface area contributed by atoms with Gasteiger partial charge in [0.1, 0.15) is 0 Å². The van der Waals surface area contributed by atoms with E-state index in [1.807, 2.05) is 42.5 Å². The van der Waals surface area contributed by atoms with Crippen molar-refractivity contribution in [3.8, 4) is 0 Å². The monoisotopic (exact) mass is 537 g/mol. The number of hydrogen-bond acceptors (Lipinski definition) is 6. The van der Waals surface area contributed by atoms with Crippen molar-refractivity contribution in [2.24, 2.45) is 0 Å². The number of nitro benzene ring substituents is 1. The van der Waals surface area contributed by atoms with Gasteiger partial charge in [-0.05, 0) is 84.5 Å². The molecule has 0 fully saturated rings. The normalized spacial score (nSPS) is 10.5. The second-order valence-electron chi connectivity index (χ2n) is 8.19. The maximum Gasteiger partial charge on any atom is 0.269 e. The summed E-state index contributed by atoms with van der Waals surface area (Å²) in [5, 5.41) is 22.3. The predicted molar refractivity (Wildman–Crippen MR) is 157 cm³/mol. The molecule has 0 radical (unpaired) electrons. The number of amides is 2. The summed E-state index contributed by atoms with van der Waals surface area (Å²) in [4.78, 5) is 35.5. The molecule has 194 valence electrons. The van der Waals surface area contributed by atoms with E-state index >= 15 is 0 Å². The molecule has 0 aliphatic carbocycles. The van der Waals surface area contributed by atoms with Crippen LogP contribution in [-0.2, 0) is 4.79 Å². The van der Waals surface area contributed by atoms with E-state index < -0.39 is 10.8 Å². The van der Waals surface area contributed by atoms with Gasteiger partial charge in [0.25, 0.3) is 11.6 Å². The van der Waals surface area contributed by atoms with Crippen molar-refractivity contribution >= 4 is 63.7 Å². The Bertz CT molecular complexity index is 1520. The van der Waals surface area contributed by atoms with Gasteiger partial charge < -0.3 is 16.0 Å². The largest absolute Gasteiger partial charge is 0.356 e. The first-order valence-corrected chi connectivity index (χ1v) is 12.2. The van der Waals surface area contributed by atoms with Gasteiger partial charge in [-0.15, -0.1) is 0 Å². The number of thiocarbonyl (C=S) groups is 1. The highest BCUT2D eigenvalue weighted by atomic mass is 32.1. The molecule has 10 heteroatoms. The molecule has 0 aliphatic rings. The number of nitrogens with one attached hydrogen (secondary N) is 4. The van der Waals surface area contributed by atoms with Crippen molar-refractivity contribution in [2.75, 3.05) is 16.0 Å². The summed E-state index contributed by atoms with van der Waals surface area (Å²) in [6, 6.07) is 29.6. The van der Waals surface area contributed by atoms with Gasteiger partial charge >= 0.3 is 0 Å².